The third-order valence-corrected chi connectivity index (χ3v) is 2.77. The zero-order valence-electron chi connectivity index (χ0n) is 7.63. The van der Waals surface area contributed by atoms with E-state index in [9.17, 15) is 0 Å². The first-order valence-corrected chi connectivity index (χ1v) is 5.03. The smallest absolute Gasteiger partial charge is 0.0302 e. The van der Waals surface area contributed by atoms with Gasteiger partial charge in [-0.05, 0) is 26.0 Å². The maximum Gasteiger partial charge on any atom is 0.0302 e. The summed E-state index contributed by atoms with van der Waals surface area (Å²) in [6.45, 7) is 5.86. The Morgan fingerprint density at radius 3 is 2.83 bits per heavy atom. The Balaban J connectivity index is 2.33. The van der Waals surface area contributed by atoms with Crippen molar-refractivity contribution in [3.05, 3.63) is 21.9 Å². The lowest BCUT2D eigenvalue weighted by Crippen LogP contribution is -2.32. The van der Waals surface area contributed by atoms with Crippen LogP contribution in [0.25, 0.3) is 0 Å². The van der Waals surface area contributed by atoms with Gasteiger partial charge in [-0.25, -0.2) is 0 Å². The minimum atomic E-state index is 0.410. The highest BCUT2D eigenvalue weighted by atomic mass is 32.1. The lowest BCUT2D eigenvalue weighted by molar-refractivity contribution is 0.560. The first-order chi connectivity index (χ1) is 5.72. The number of hydrogen-bond donors (Lipinski definition) is 2. The van der Waals surface area contributed by atoms with Crippen molar-refractivity contribution in [3.63, 3.8) is 0 Å². The topological polar surface area (TPSA) is 38.0 Å². The first kappa shape index (κ1) is 9.71. The number of nitrogens with one attached hydrogen (secondary N) is 1. The Kier molecular flexibility index (Phi) is 3.72. The van der Waals surface area contributed by atoms with Crippen LogP contribution in [-0.2, 0) is 6.54 Å². The van der Waals surface area contributed by atoms with Gasteiger partial charge in [0.05, 0.1) is 0 Å². The van der Waals surface area contributed by atoms with Gasteiger partial charge in [-0.15, -0.1) is 11.3 Å². The molecule has 1 unspecified atom stereocenters. The Morgan fingerprint density at radius 1 is 1.58 bits per heavy atom. The zero-order chi connectivity index (χ0) is 8.97. The highest BCUT2D eigenvalue weighted by Gasteiger charge is 1.99. The van der Waals surface area contributed by atoms with Crippen LogP contribution in [-0.4, -0.2) is 12.6 Å². The summed E-state index contributed by atoms with van der Waals surface area (Å²) in [7, 11) is 0. The molecule has 0 saturated heterocycles. The zero-order valence-corrected chi connectivity index (χ0v) is 8.45. The van der Waals surface area contributed by atoms with Gasteiger partial charge in [-0.1, -0.05) is 0 Å². The second-order valence-corrected chi connectivity index (χ2v) is 4.40. The molecule has 1 atom stereocenters. The number of thiophene rings is 1. The molecule has 0 aliphatic heterocycles. The number of rotatable bonds is 4. The van der Waals surface area contributed by atoms with Gasteiger partial charge >= 0.3 is 0 Å². The van der Waals surface area contributed by atoms with E-state index in [1.54, 1.807) is 0 Å². The Hall–Kier alpha value is -0.380. The SMILES string of the molecule is Cc1ccc(CNC(C)CN)s1. The van der Waals surface area contributed by atoms with Crippen LogP contribution >= 0.6 is 11.3 Å². The summed E-state index contributed by atoms with van der Waals surface area (Å²) in [5, 5.41) is 3.35. The largest absolute Gasteiger partial charge is 0.329 e. The maximum atomic E-state index is 5.48. The van der Waals surface area contributed by atoms with Gasteiger partial charge in [-0.2, -0.15) is 0 Å². The minimum Gasteiger partial charge on any atom is -0.329 e. The summed E-state index contributed by atoms with van der Waals surface area (Å²) in [6, 6.07) is 4.72. The number of hydrogen-bond acceptors (Lipinski definition) is 3. The van der Waals surface area contributed by atoms with Gasteiger partial charge in [-0.3, -0.25) is 0 Å². The third kappa shape index (κ3) is 2.93. The van der Waals surface area contributed by atoms with Gasteiger partial charge in [0.15, 0.2) is 0 Å². The summed E-state index contributed by atoms with van der Waals surface area (Å²) in [5.41, 5.74) is 5.48. The standard InChI is InChI=1S/C9H16N2S/c1-7(5-10)11-6-9-4-3-8(2)12-9/h3-4,7,11H,5-6,10H2,1-2H3. The molecule has 3 heteroatoms. The van der Waals surface area contributed by atoms with Crippen molar-refractivity contribution in [2.45, 2.75) is 26.4 Å². The molecule has 0 bridgehead atoms. The molecule has 0 amide bonds. The van der Waals surface area contributed by atoms with E-state index >= 15 is 0 Å². The first-order valence-electron chi connectivity index (χ1n) is 4.21. The fraction of sp³-hybridized carbons (Fsp3) is 0.556. The van der Waals surface area contributed by atoms with Crippen molar-refractivity contribution in [1.82, 2.24) is 5.32 Å². The van der Waals surface area contributed by atoms with E-state index in [1.807, 2.05) is 11.3 Å². The lowest BCUT2D eigenvalue weighted by Gasteiger charge is -2.09. The molecule has 1 heterocycles. The quantitative estimate of drug-likeness (QED) is 0.744. The van der Waals surface area contributed by atoms with Gasteiger partial charge in [0.25, 0.3) is 0 Å². The Bertz CT molecular complexity index is 232. The van der Waals surface area contributed by atoms with E-state index in [4.69, 9.17) is 5.73 Å². The Labute approximate surface area is 77.8 Å². The normalized spacial score (nSPS) is 13.2. The van der Waals surface area contributed by atoms with E-state index in [1.165, 1.54) is 9.75 Å². The minimum absolute atomic E-state index is 0.410. The monoisotopic (exact) mass is 184 g/mol. The second-order valence-electron chi connectivity index (χ2n) is 3.03. The molecular formula is C9H16N2S. The average molecular weight is 184 g/mol. The predicted octanol–water partition coefficient (Wildman–Crippen LogP) is 1.49. The third-order valence-electron chi connectivity index (χ3n) is 1.77. The maximum absolute atomic E-state index is 5.48. The molecule has 68 valence electrons. The van der Waals surface area contributed by atoms with E-state index in [2.05, 4.69) is 31.3 Å². The van der Waals surface area contributed by atoms with Crippen molar-refractivity contribution in [2.24, 2.45) is 5.73 Å². The van der Waals surface area contributed by atoms with Crippen LogP contribution in [0.15, 0.2) is 12.1 Å². The molecule has 0 radical (unpaired) electrons. The van der Waals surface area contributed by atoms with Crippen LogP contribution in [0.3, 0.4) is 0 Å². The van der Waals surface area contributed by atoms with Gasteiger partial charge < -0.3 is 11.1 Å². The summed E-state index contributed by atoms with van der Waals surface area (Å²) in [4.78, 5) is 2.75. The highest BCUT2D eigenvalue weighted by Crippen LogP contribution is 2.14. The van der Waals surface area contributed by atoms with Gasteiger partial charge in [0.2, 0.25) is 0 Å². The molecule has 3 N–H and O–H groups in total. The number of nitrogens with two attached hydrogens (primary N) is 1. The van der Waals surface area contributed by atoms with Crippen molar-refractivity contribution in [1.29, 1.82) is 0 Å². The highest BCUT2D eigenvalue weighted by molar-refractivity contribution is 7.11. The number of aryl methyl sites for hydroxylation is 1. The molecule has 2 nitrogen and oxygen atoms in total. The fourth-order valence-electron chi connectivity index (χ4n) is 0.938. The van der Waals surface area contributed by atoms with Crippen LogP contribution < -0.4 is 11.1 Å². The van der Waals surface area contributed by atoms with E-state index in [0.717, 1.165) is 6.54 Å². The van der Waals surface area contributed by atoms with Crippen molar-refractivity contribution in [3.8, 4) is 0 Å². The molecule has 0 aromatic carbocycles. The fourth-order valence-corrected chi connectivity index (χ4v) is 1.78. The molecule has 1 rings (SSSR count). The molecular weight excluding hydrogens is 168 g/mol. The lowest BCUT2D eigenvalue weighted by atomic mass is 10.3. The molecule has 0 fully saturated rings. The van der Waals surface area contributed by atoms with Crippen LogP contribution in [0.5, 0.6) is 0 Å². The molecule has 1 aromatic heterocycles. The Morgan fingerprint density at radius 2 is 2.33 bits per heavy atom. The summed E-state index contributed by atoms with van der Waals surface area (Å²) in [6.07, 6.45) is 0. The molecule has 0 spiro atoms. The molecule has 0 saturated carbocycles. The van der Waals surface area contributed by atoms with Crippen LogP contribution in [0.4, 0.5) is 0 Å². The van der Waals surface area contributed by atoms with Crippen molar-refractivity contribution >= 4 is 11.3 Å². The summed E-state index contributed by atoms with van der Waals surface area (Å²) < 4.78 is 0. The summed E-state index contributed by atoms with van der Waals surface area (Å²) >= 11 is 1.84. The predicted molar refractivity (Wildman–Crippen MR) is 54.4 cm³/mol. The molecule has 1 aromatic rings. The molecule has 12 heavy (non-hydrogen) atoms. The van der Waals surface area contributed by atoms with E-state index in [-0.39, 0.29) is 0 Å². The van der Waals surface area contributed by atoms with E-state index < -0.39 is 0 Å². The van der Waals surface area contributed by atoms with Crippen LogP contribution in [0.2, 0.25) is 0 Å². The van der Waals surface area contributed by atoms with Gasteiger partial charge in [0, 0.05) is 28.9 Å². The second kappa shape index (κ2) is 4.60. The molecule has 0 aliphatic carbocycles. The van der Waals surface area contributed by atoms with Crippen molar-refractivity contribution in [2.75, 3.05) is 6.54 Å². The molecule has 0 aliphatic rings. The average Bonchev–Trinajstić information content (AvgIpc) is 2.47. The summed E-state index contributed by atoms with van der Waals surface area (Å²) in [5.74, 6) is 0. The van der Waals surface area contributed by atoms with E-state index in [0.29, 0.717) is 12.6 Å². The van der Waals surface area contributed by atoms with Crippen molar-refractivity contribution < 1.29 is 0 Å². The van der Waals surface area contributed by atoms with Crippen LogP contribution in [0, 0.1) is 6.92 Å². The van der Waals surface area contributed by atoms with Crippen LogP contribution in [0.1, 0.15) is 16.7 Å². The van der Waals surface area contributed by atoms with Gasteiger partial charge in [0.1, 0.15) is 0 Å².